The Morgan fingerprint density at radius 1 is 1.43 bits per heavy atom. The van der Waals surface area contributed by atoms with Crippen LogP contribution in [-0.2, 0) is 7.05 Å². The second kappa shape index (κ2) is 5.92. The molecule has 2 heterocycles. The minimum Gasteiger partial charge on any atom is -0.472 e. The van der Waals surface area contributed by atoms with E-state index < -0.39 is 4.92 Å². The van der Waals surface area contributed by atoms with Gasteiger partial charge >= 0.3 is 11.6 Å². The Morgan fingerprint density at radius 2 is 2.14 bits per heavy atom. The number of aryl methyl sites for hydroxylation is 1. The summed E-state index contributed by atoms with van der Waals surface area (Å²) in [5, 5.41) is 28.2. The van der Waals surface area contributed by atoms with Crippen molar-refractivity contribution in [3.63, 3.8) is 0 Å². The fraction of sp³-hybridized carbons (Fsp3) is 0.500. The molecule has 9 nitrogen and oxygen atoms in total. The molecule has 21 heavy (non-hydrogen) atoms. The van der Waals surface area contributed by atoms with Crippen LogP contribution in [0.1, 0.15) is 17.8 Å². The summed E-state index contributed by atoms with van der Waals surface area (Å²) in [4.78, 5) is 10.7. The Kier molecular flexibility index (Phi) is 4.22. The van der Waals surface area contributed by atoms with Crippen LogP contribution in [0.5, 0.6) is 5.88 Å². The van der Waals surface area contributed by atoms with Crippen LogP contribution >= 0.6 is 0 Å². The second-order valence-electron chi connectivity index (χ2n) is 4.57. The van der Waals surface area contributed by atoms with Crippen LogP contribution in [0.4, 0.5) is 5.69 Å². The maximum Gasteiger partial charge on any atom is 0.353 e. The predicted molar refractivity (Wildman–Crippen MR) is 73.7 cm³/mol. The fourth-order valence-electron chi connectivity index (χ4n) is 1.94. The predicted octanol–water partition coefficient (Wildman–Crippen LogP) is 0.892. The zero-order valence-corrected chi connectivity index (χ0v) is 12.1. The van der Waals surface area contributed by atoms with Crippen LogP contribution in [0.3, 0.4) is 0 Å². The van der Waals surface area contributed by atoms with E-state index in [1.54, 1.807) is 24.9 Å². The molecule has 2 aromatic rings. The summed E-state index contributed by atoms with van der Waals surface area (Å²) in [6.45, 7) is 3.58. The van der Waals surface area contributed by atoms with Gasteiger partial charge in [-0.2, -0.15) is 5.10 Å². The molecule has 0 aromatic carbocycles. The average Bonchev–Trinajstić information content (AvgIpc) is 2.92. The van der Waals surface area contributed by atoms with Crippen LogP contribution in [0.25, 0.3) is 5.69 Å². The monoisotopic (exact) mass is 295 g/mol. The first-order valence-electron chi connectivity index (χ1n) is 6.44. The molecule has 1 N–H and O–H groups in total. The molecular formula is C12H17N5O4. The quantitative estimate of drug-likeness (QED) is 0.481. The highest BCUT2D eigenvalue weighted by Gasteiger charge is 2.28. The van der Waals surface area contributed by atoms with E-state index >= 15 is 0 Å². The number of aromatic nitrogens is 4. The largest absolute Gasteiger partial charge is 0.472 e. The van der Waals surface area contributed by atoms with Crippen molar-refractivity contribution in [1.82, 2.24) is 19.6 Å². The Hall–Kier alpha value is -2.42. The standard InChI is InChI=1S/C12H17N5O4/c1-8-10(7-13-15(8)3)16-9(2)11(17(19)20)12(14-16)21-6-4-5-18/h7,18H,4-6H2,1-3H3. The molecule has 0 aliphatic rings. The fourth-order valence-corrected chi connectivity index (χ4v) is 1.94. The van der Waals surface area contributed by atoms with Gasteiger partial charge in [0.1, 0.15) is 11.4 Å². The van der Waals surface area contributed by atoms with Gasteiger partial charge in [-0.15, -0.1) is 5.10 Å². The van der Waals surface area contributed by atoms with Gasteiger partial charge in [-0.05, 0) is 13.8 Å². The number of nitro groups is 1. The maximum atomic E-state index is 11.2. The van der Waals surface area contributed by atoms with Gasteiger partial charge in [-0.1, -0.05) is 0 Å². The summed E-state index contributed by atoms with van der Waals surface area (Å²) in [5.74, 6) is -0.0470. The Bertz CT molecular complexity index is 661. The molecule has 0 radical (unpaired) electrons. The average molecular weight is 295 g/mol. The number of hydrogen-bond donors (Lipinski definition) is 1. The topological polar surface area (TPSA) is 108 Å². The molecule has 2 aromatic heterocycles. The molecule has 114 valence electrons. The SMILES string of the molecule is Cc1c(-n2nc(OCCCO)c([N+](=O)[O-])c2C)cnn1C. The summed E-state index contributed by atoms with van der Waals surface area (Å²) in [7, 11) is 1.78. The lowest BCUT2D eigenvalue weighted by Gasteiger charge is -2.02. The second-order valence-corrected chi connectivity index (χ2v) is 4.57. The van der Waals surface area contributed by atoms with Crippen LogP contribution in [-0.4, -0.2) is 42.8 Å². The molecule has 9 heteroatoms. The zero-order valence-electron chi connectivity index (χ0n) is 12.1. The van der Waals surface area contributed by atoms with E-state index in [4.69, 9.17) is 9.84 Å². The molecular weight excluding hydrogens is 278 g/mol. The third kappa shape index (κ3) is 2.72. The van der Waals surface area contributed by atoms with Crippen LogP contribution in [0.2, 0.25) is 0 Å². The number of nitrogens with zero attached hydrogens (tertiary/aromatic N) is 5. The van der Waals surface area contributed by atoms with E-state index in [0.29, 0.717) is 17.8 Å². The highest BCUT2D eigenvalue weighted by Crippen LogP contribution is 2.32. The number of rotatable bonds is 6. The van der Waals surface area contributed by atoms with Crippen molar-refractivity contribution < 1.29 is 14.8 Å². The van der Waals surface area contributed by atoms with Crippen LogP contribution in [0, 0.1) is 24.0 Å². The van der Waals surface area contributed by atoms with Gasteiger partial charge in [0.2, 0.25) is 0 Å². The summed E-state index contributed by atoms with van der Waals surface area (Å²) in [6.07, 6.45) is 1.98. The van der Waals surface area contributed by atoms with Crippen LogP contribution in [0.15, 0.2) is 6.20 Å². The van der Waals surface area contributed by atoms with Gasteiger partial charge in [0.25, 0.3) is 0 Å². The molecule has 0 unspecified atom stereocenters. The van der Waals surface area contributed by atoms with Crippen molar-refractivity contribution >= 4 is 5.69 Å². The van der Waals surface area contributed by atoms with Crippen molar-refractivity contribution in [2.24, 2.45) is 7.05 Å². The van der Waals surface area contributed by atoms with Gasteiger partial charge in [0.15, 0.2) is 0 Å². The molecule has 0 amide bonds. The minimum absolute atomic E-state index is 0.0464. The first-order chi connectivity index (χ1) is 9.97. The number of aliphatic hydroxyl groups excluding tert-OH is 1. The highest BCUT2D eigenvalue weighted by molar-refractivity contribution is 5.50. The summed E-state index contributed by atoms with van der Waals surface area (Å²) < 4.78 is 8.42. The van der Waals surface area contributed by atoms with E-state index in [1.165, 1.54) is 4.68 Å². The zero-order chi connectivity index (χ0) is 15.6. The first kappa shape index (κ1) is 15.0. The lowest BCUT2D eigenvalue weighted by atomic mass is 10.3. The third-order valence-electron chi connectivity index (χ3n) is 3.22. The van der Waals surface area contributed by atoms with Gasteiger partial charge in [-0.3, -0.25) is 14.8 Å². The molecule has 0 bridgehead atoms. The van der Waals surface area contributed by atoms with E-state index in [-0.39, 0.29) is 24.8 Å². The number of ether oxygens (including phenoxy) is 1. The molecule has 0 saturated heterocycles. The normalized spacial score (nSPS) is 10.9. The molecule has 0 aliphatic heterocycles. The number of aliphatic hydroxyl groups is 1. The van der Waals surface area contributed by atoms with Crippen LogP contribution < -0.4 is 4.74 Å². The van der Waals surface area contributed by atoms with Crippen molar-refractivity contribution in [3.8, 4) is 11.6 Å². The van der Waals surface area contributed by atoms with Gasteiger partial charge in [-0.25, -0.2) is 4.68 Å². The summed E-state index contributed by atoms with van der Waals surface area (Å²) in [6, 6.07) is 0. The van der Waals surface area contributed by atoms with Gasteiger partial charge in [0, 0.05) is 20.1 Å². The van der Waals surface area contributed by atoms with Gasteiger partial charge < -0.3 is 9.84 Å². The number of hydrogen-bond acceptors (Lipinski definition) is 6. The Balaban J connectivity index is 2.46. The molecule has 0 saturated carbocycles. The summed E-state index contributed by atoms with van der Waals surface area (Å²) in [5.41, 5.74) is 1.69. The molecule has 0 fully saturated rings. The smallest absolute Gasteiger partial charge is 0.353 e. The van der Waals surface area contributed by atoms with E-state index in [2.05, 4.69) is 10.2 Å². The first-order valence-corrected chi connectivity index (χ1v) is 6.44. The molecule has 0 aliphatic carbocycles. The van der Waals surface area contributed by atoms with Crippen molar-refractivity contribution in [2.75, 3.05) is 13.2 Å². The van der Waals surface area contributed by atoms with E-state index in [9.17, 15) is 10.1 Å². The highest BCUT2D eigenvalue weighted by atomic mass is 16.6. The Morgan fingerprint density at radius 3 is 2.67 bits per heavy atom. The maximum absolute atomic E-state index is 11.2. The van der Waals surface area contributed by atoms with Crippen molar-refractivity contribution in [2.45, 2.75) is 20.3 Å². The van der Waals surface area contributed by atoms with E-state index in [0.717, 1.165) is 5.69 Å². The molecule has 0 atom stereocenters. The van der Waals surface area contributed by atoms with E-state index in [1.807, 2.05) is 6.92 Å². The molecule has 0 spiro atoms. The van der Waals surface area contributed by atoms with Gasteiger partial charge in [0.05, 0.1) is 23.4 Å². The lowest BCUT2D eigenvalue weighted by Crippen LogP contribution is -2.03. The molecule has 2 rings (SSSR count). The third-order valence-corrected chi connectivity index (χ3v) is 3.22. The minimum atomic E-state index is -0.515. The Labute approximate surface area is 120 Å². The lowest BCUT2D eigenvalue weighted by molar-refractivity contribution is -0.386. The summed E-state index contributed by atoms with van der Waals surface area (Å²) >= 11 is 0. The van der Waals surface area contributed by atoms with Crippen molar-refractivity contribution in [3.05, 3.63) is 27.7 Å². The van der Waals surface area contributed by atoms with Crippen molar-refractivity contribution in [1.29, 1.82) is 0 Å².